The molecule has 0 aliphatic heterocycles. The maximum Gasteiger partial charge on any atom is 0.0395 e. The summed E-state index contributed by atoms with van der Waals surface area (Å²) in [4.78, 5) is 0.537. The van der Waals surface area contributed by atoms with Crippen molar-refractivity contribution >= 4 is 15.9 Å². The lowest BCUT2D eigenvalue weighted by atomic mass is 10.0. The Morgan fingerprint density at radius 2 is 0.962 bits per heavy atom. The van der Waals surface area contributed by atoms with Crippen LogP contribution in [0.3, 0.4) is 0 Å². The summed E-state index contributed by atoms with van der Waals surface area (Å²) in [7, 11) is 0. The fraction of sp³-hybridized carbons (Fsp3) is 0.760. The van der Waals surface area contributed by atoms with E-state index < -0.39 is 0 Å². The van der Waals surface area contributed by atoms with E-state index in [2.05, 4.69) is 53.2 Å². The number of rotatable bonds is 18. The summed E-state index contributed by atoms with van der Waals surface area (Å²) in [5.41, 5.74) is 1.42. The van der Waals surface area contributed by atoms with Crippen molar-refractivity contribution in [2.75, 3.05) is 0 Å². The van der Waals surface area contributed by atoms with Gasteiger partial charge in [-0.3, -0.25) is 0 Å². The summed E-state index contributed by atoms with van der Waals surface area (Å²) in [6.45, 7) is 2.30. The van der Waals surface area contributed by atoms with Gasteiger partial charge in [-0.25, -0.2) is 0 Å². The summed E-state index contributed by atoms with van der Waals surface area (Å²) in [5, 5.41) is 0. The molecule has 1 rings (SSSR count). The molecule has 1 aromatic carbocycles. The van der Waals surface area contributed by atoms with Gasteiger partial charge < -0.3 is 0 Å². The monoisotopic (exact) mass is 422 g/mol. The summed E-state index contributed by atoms with van der Waals surface area (Å²) in [6, 6.07) is 10.8. The Labute approximate surface area is 172 Å². The Bertz CT molecular complexity index is 386. The van der Waals surface area contributed by atoms with Crippen LogP contribution in [-0.4, -0.2) is 0 Å². The quantitative estimate of drug-likeness (QED) is 0.163. The van der Waals surface area contributed by atoms with Crippen LogP contribution in [0, 0.1) is 0 Å². The SMILES string of the molecule is CCCCCCCCCCCCCCCCCCC(Br)c1ccccc1. The molecule has 1 unspecified atom stereocenters. The van der Waals surface area contributed by atoms with Crippen molar-refractivity contribution in [3.8, 4) is 0 Å². The van der Waals surface area contributed by atoms with Crippen LogP contribution < -0.4 is 0 Å². The fourth-order valence-electron chi connectivity index (χ4n) is 3.70. The van der Waals surface area contributed by atoms with Crippen molar-refractivity contribution in [1.82, 2.24) is 0 Å². The van der Waals surface area contributed by atoms with E-state index in [1.807, 2.05) is 0 Å². The molecule has 0 aliphatic rings. The largest absolute Gasteiger partial charge is 0.0839 e. The first-order valence-electron chi connectivity index (χ1n) is 11.5. The molecule has 0 heterocycles. The normalized spacial score (nSPS) is 12.4. The van der Waals surface area contributed by atoms with Gasteiger partial charge in [-0.2, -0.15) is 0 Å². The molecule has 1 heteroatoms. The summed E-state index contributed by atoms with van der Waals surface area (Å²) >= 11 is 3.83. The van der Waals surface area contributed by atoms with Gasteiger partial charge in [0.05, 0.1) is 0 Å². The standard InChI is InChI=1S/C25H43Br/c1-2-3-4-5-6-7-8-9-10-11-12-13-14-15-16-20-23-25(26)24-21-18-17-19-22-24/h17-19,21-22,25H,2-16,20,23H2,1H3. The second-order valence-electron chi connectivity index (χ2n) is 7.97. The molecular formula is C25H43Br. The van der Waals surface area contributed by atoms with Crippen molar-refractivity contribution in [1.29, 1.82) is 0 Å². The molecule has 0 spiro atoms. The van der Waals surface area contributed by atoms with Gasteiger partial charge in [-0.1, -0.05) is 156 Å². The van der Waals surface area contributed by atoms with Gasteiger partial charge in [0, 0.05) is 4.83 Å². The first-order chi connectivity index (χ1) is 12.8. The van der Waals surface area contributed by atoms with Gasteiger partial charge in [0.25, 0.3) is 0 Å². The minimum absolute atomic E-state index is 0.537. The van der Waals surface area contributed by atoms with E-state index in [4.69, 9.17) is 0 Å². The number of alkyl halides is 1. The van der Waals surface area contributed by atoms with Crippen LogP contribution in [0.4, 0.5) is 0 Å². The van der Waals surface area contributed by atoms with E-state index in [1.165, 1.54) is 115 Å². The average Bonchev–Trinajstić information content (AvgIpc) is 2.68. The lowest BCUT2D eigenvalue weighted by Crippen LogP contribution is -1.90. The van der Waals surface area contributed by atoms with Crippen LogP contribution in [-0.2, 0) is 0 Å². The summed E-state index contributed by atoms with van der Waals surface area (Å²) in [6.07, 6.45) is 24.3. The topological polar surface area (TPSA) is 0 Å². The zero-order valence-corrected chi connectivity index (χ0v) is 18.9. The number of benzene rings is 1. The first kappa shape index (κ1) is 23.7. The second-order valence-corrected chi connectivity index (χ2v) is 9.08. The van der Waals surface area contributed by atoms with Crippen molar-refractivity contribution in [3.63, 3.8) is 0 Å². The molecule has 0 aromatic heterocycles. The Kier molecular flexibility index (Phi) is 16.5. The second kappa shape index (κ2) is 18.1. The Morgan fingerprint density at radius 1 is 0.577 bits per heavy atom. The van der Waals surface area contributed by atoms with Crippen LogP contribution in [0.2, 0.25) is 0 Å². The highest BCUT2D eigenvalue weighted by Gasteiger charge is 2.05. The van der Waals surface area contributed by atoms with Gasteiger partial charge >= 0.3 is 0 Å². The number of hydrogen-bond donors (Lipinski definition) is 0. The summed E-state index contributed by atoms with van der Waals surface area (Å²) in [5.74, 6) is 0. The highest BCUT2D eigenvalue weighted by molar-refractivity contribution is 9.09. The van der Waals surface area contributed by atoms with Crippen LogP contribution in [0.25, 0.3) is 0 Å². The minimum atomic E-state index is 0.537. The van der Waals surface area contributed by atoms with E-state index in [0.717, 1.165) is 0 Å². The van der Waals surface area contributed by atoms with Crippen LogP contribution in [0.5, 0.6) is 0 Å². The van der Waals surface area contributed by atoms with Gasteiger partial charge in [0.2, 0.25) is 0 Å². The fourth-order valence-corrected chi connectivity index (χ4v) is 4.33. The summed E-state index contributed by atoms with van der Waals surface area (Å²) < 4.78 is 0. The minimum Gasteiger partial charge on any atom is -0.0839 e. The Morgan fingerprint density at radius 3 is 1.38 bits per heavy atom. The van der Waals surface area contributed by atoms with Crippen molar-refractivity contribution in [2.45, 2.75) is 121 Å². The molecule has 0 N–H and O–H groups in total. The molecule has 0 saturated carbocycles. The third-order valence-electron chi connectivity index (χ3n) is 5.47. The Balaban J connectivity index is 1.76. The molecular weight excluding hydrogens is 380 g/mol. The van der Waals surface area contributed by atoms with Crippen LogP contribution in [0.15, 0.2) is 30.3 Å². The van der Waals surface area contributed by atoms with Gasteiger partial charge in [0.15, 0.2) is 0 Å². The lowest BCUT2D eigenvalue weighted by molar-refractivity contribution is 0.527. The lowest BCUT2D eigenvalue weighted by Gasteiger charge is -2.09. The van der Waals surface area contributed by atoms with Gasteiger partial charge in [-0.05, 0) is 12.0 Å². The van der Waals surface area contributed by atoms with E-state index in [0.29, 0.717) is 4.83 Å². The van der Waals surface area contributed by atoms with E-state index in [1.54, 1.807) is 0 Å². The average molecular weight is 424 g/mol. The van der Waals surface area contributed by atoms with E-state index in [9.17, 15) is 0 Å². The molecule has 26 heavy (non-hydrogen) atoms. The zero-order valence-electron chi connectivity index (χ0n) is 17.4. The number of hydrogen-bond acceptors (Lipinski definition) is 0. The maximum atomic E-state index is 3.83. The molecule has 0 aliphatic carbocycles. The number of unbranched alkanes of at least 4 members (excludes halogenated alkanes) is 15. The van der Waals surface area contributed by atoms with Gasteiger partial charge in [-0.15, -0.1) is 0 Å². The first-order valence-corrected chi connectivity index (χ1v) is 12.4. The zero-order chi connectivity index (χ0) is 18.7. The molecule has 1 aromatic rings. The predicted octanol–water partition coefficient (Wildman–Crippen LogP) is 9.77. The highest BCUT2D eigenvalue weighted by Crippen LogP contribution is 2.28. The third-order valence-corrected chi connectivity index (χ3v) is 6.46. The van der Waals surface area contributed by atoms with E-state index >= 15 is 0 Å². The molecule has 1 atom stereocenters. The smallest absolute Gasteiger partial charge is 0.0395 e. The van der Waals surface area contributed by atoms with Crippen molar-refractivity contribution in [3.05, 3.63) is 35.9 Å². The predicted molar refractivity (Wildman–Crippen MR) is 122 cm³/mol. The number of halogens is 1. The molecule has 150 valence electrons. The Hall–Kier alpha value is -0.300. The molecule has 0 saturated heterocycles. The molecule has 0 nitrogen and oxygen atoms in total. The van der Waals surface area contributed by atoms with Gasteiger partial charge in [0.1, 0.15) is 0 Å². The molecule has 0 amide bonds. The van der Waals surface area contributed by atoms with Crippen molar-refractivity contribution < 1.29 is 0 Å². The highest BCUT2D eigenvalue weighted by atomic mass is 79.9. The van der Waals surface area contributed by atoms with Crippen LogP contribution >= 0.6 is 15.9 Å². The van der Waals surface area contributed by atoms with Crippen LogP contribution in [0.1, 0.15) is 126 Å². The maximum absolute atomic E-state index is 3.83. The van der Waals surface area contributed by atoms with E-state index in [-0.39, 0.29) is 0 Å². The molecule has 0 fully saturated rings. The molecule has 0 bridgehead atoms. The van der Waals surface area contributed by atoms with Crippen molar-refractivity contribution in [2.24, 2.45) is 0 Å². The molecule has 0 radical (unpaired) electrons. The third kappa shape index (κ3) is 13.8.